The van der Waals surface area contributed by atoms with Crippen LogP contribution in [0.2, 0.25) is 0 Å². The van der Waals surface area contributed by atoms with E-state index >= 15 is 0 Å². The Hall–Kier alpha value is -0.180. The van der Waals surface area contributed by atoms with Gasteiger partial charge in [-0.1, -0.05) is 12.8 Å². The molecule has 3 heteroatoms. The molecule has 0 aromatic rings. The molecule has 0 saturated heterocycles. The zero-order valence-electron chi connectivity index (χ0n) is 7.99. The molecule has 0 bridgehead atoms. The third-order valence-electron chi connectivity index (χ3n) is 3.34. The Morgan fingerprint density at radius 1 is 1.38 bits per heavy atom. The van der Waals surface area contributed by atoms with Crippen molar-refractivity contribution in [3.05, 3.63) is 0 Å². The van der Waals surface area contributed by atoms with Crippen LogP contribution >= 0.6 is 12.6 Å². The lowest BCUT2D eigenvalue weighted by molar-refractivity contribution is -0.120. The summed E-state index contributed by atoms with van der Waals surface area (Å²) < 4.78 is 0. The first-order valence-corrected chi connectivity index (χ1v) is 5.70. The maximum Gasteiger partial charge on any atom is 0.232 e. The summed E-state index contributed by atoms with van der Waals surface area (Å²) in [7, 11) is 0. The monoisotopic (exact) mass is 199 g/mol. The highest BCUT2D eigenvalue weighted by atomic mass is 32.1. The van der Waals surface area contributed by atoms with E-state index < -0.39 is 0 Å². The molecule has 3 atom stereocenters. The number of nitrogens with one attached hydrogen (secondary N) is 1. The van der Waals surface area contributed by atoms with E-state index in [-0.39, 0.29) is 11.2 Å². The van der Waals surface area contributed by atoms with Gasteiger partial charge in [-0.25, -0.2) is 0 Å². The highest BCUT2D eigenvalue weighted by Crippen LogP contribution is 2.49. The number of carbonyl (C=O) groups excluding carboxylic acids is 1. The van der Waals surface area contributed by atoms with Gasteiger partial charge in [0.05, 0.1) is 5.25 Å². The summed E-state index contributed by atoms with van der Waals surface area (Å²) in [4.78, 5) is 11.3. The van der Waals surface area contributed by atoms with Gasteiger partial charge in [0.25, 0.3) is 0 Å². The molecule has 2 rings (SSSR count). The fraction of sp³-hybridized carbons (Fsp3) is 0.900. The van der Waals surface area contributed by atoms with Crippen molar-refractivity contribution in [2.24, 2.45) is 11.8 Å². The predicted octanol–water partition coefficient (Wildman–Crippen LogP) is 1.61. The summed E-state index contributed by atoms with van der Waals surface area (Å²) >= 11 is 4.12. The van der Waals surface area contributed by atoms with Gasteiger partial charge in [0, 0.05) is 6.04 Å². The molecule has 0 aliphatic heterocycles. The van der Waals surface area contributed by atoms with Crippen LogP contribution in [0.4, 0.5) is 0 Å². The van der Waals surface area contributed by atoms with Crippen molar-refractivity contribution in [3.63, 3.8) is 0 Å². The van der Waals surface area contributed by atoms with Crippen molar-refractivity contribution in [1.82, 2.24) is 5.32 Å². The summed E-state index contributed by atoms with van der Waals surface area (Å²) in [6, 6.07) is 0.490. The number of carbonyl (C=O) groups is 1. The summed E-state index contributed by atoms with van der Waals surface area (Å²) in [6.45, 7) is 1.82. The third-order valence-corrected chi connectivity index (χ3v) is 3.58. The second kappa shape index (κ2) is 3.52. The molecule has 13 heavy (non-hydrogen) atoms. The zero-order chi connectivity index (χ0) is 9.42. The summed E-state index contributed by atoms with van der Waals surface area (Å²) in [5.74, 6) is 1.69. The number of thiol groups is 1. The van der Waals surface area contributed by atoms with Gasteiger partial charge in [-0.05, 0) is 31.6 Å². The first-order chi connectivity index (χ1) is 6.20. The van der Waals surface area contributed by atoms with Crippen LogP contribution in [0.5, 0.6) is 0 Å². The largest absolute Gasteiger partial charge is 0.352 e. The zero-order valence-corrected chi connectivity index (χ0v) is 8.89. The van der Waals surface area contributed by atoms with E-state index in [0.29, 0.717) is 6.04 Å². The van der Waals surface area contributed by atoms with E-state index in [1.165, 1.54) is 25.7 Å². The molecule has 2 aliphatic rings. The van der Waals surface area contributed by atoms with Gasteiger partial charge >= 0.3 is 0 Å². The van der Waals surface area contributed by atoms with Crippen LogP contribution in [0.25, 0.3) is 0 Å². The number of hydrogen-bond donors (Lipinski definition) is 2. The third kappa shape index (κ3) is 1.85. The second-order valence-electron chi connectivity index (χ2n) is 4.32. The minimum absolute atomic E-state index is 0.0998. The quantitative estimate of drug-likeness (QED) is 0.650. The molecular weight excluding hydrogens is 182 g/mol. The Kier molecular flexibility index (Phi) is 2.54. The van der Waals surface area contributed by atoms with Crippen molar-refractivity contribution in [3.8, 4) is 0 Å². The van der Waals surface area contributed by atoms with Crippen LogP contribution in [0.3, 0.4) is 0 Å². The SMILES string of the molecule is CC(S)C(=O)NC1C2CCCCC21. The maximum atomic E-state index is 11.3. The predicted molar refractivity (Wildman–Crippen MR) is 55.8 cm³/mol. The fourth-order valence-electron chi connectivity index (χ4n) is 2.49. The Morgan fingerprint density at radius 3 is 2.38 bits per heavy atom. The van der Waals surface area contributed by atoms with Crippen LogP contribution < -0.4 is 5.32 Å². The molecular formula is C10H17NOS. The van der Waals surface area contributed by atoms with Gasteiger partial charge in [-0.15, -0.1) is 0 Å². The van der Waals surface area contributed by atoms with Crippen molar-refractivity contribution in [1.29, 1.82) is 0 Å². The van der Waals surface area contributed by atoms with E-state index in [2.05, 4.69) is 17.9 Å². The molecule has 0 aromatic carbocycles. The van der Waals surface area contributed by atoms with Crippen LogP contribution in [0.1, 0.15) is 32.6 Å². The first-order valence-electron chi connectivity index (χ1n) is 5.18. The van der Waals surface area contributed by atoms with Gasteiger partial charge in [-0.2, -0.15) is 12.6 Å². The van der Waals surface area contributed by atoms with Crippen molar-refractivity contribution < 1.29 is 4.79 Å². The molecule has 1 amide bonds. The van der Waals surface area contributed by atoms with Crippen LogP contribution in [0, 0.1) is 11.8 Å². The Balaban J connectivity index is 1.81. The van der Waals surface area contributed by atoms with Crippen molar-refractivity contribution in [2.45, 2.75) is 43.9 Å². The first kappa shape index (κ1) is 9.38. The lowest BCUT2D eigenvalue weighted by Gasteiger charge is -2.05. The van der Waals surface area contributed by atoms with Gasteiger partial charge in [0.2, 0.25) is 5.91 Å². The number of amides is 1. The molecule has 0 aromatic heterocycles. The van der Waals surface area contributed by atoms with E-state index in [0.717, 1.165) is 11.8 Å². The Bertz CT molecular complexity index is 205. The topological polar surface area (TPSA) is 29.1 Å². The molecule has 2 fully saturated rings. The highest BCUT2D eigenvalue weighted by molar-refractivity contribution is 7.81. The molecule has 1 N–H and O–H groups in total. The van der Waals surface area contributed by atoms with Crippen molar-refractivity contribution >= 4 is 18.5 Å². The lowest BCUT2D eigenvalue weighted by atomic mass is 10.0. The highest BCUT2D eigenvalue weighted by Gasteiger charge is 2.51. The van der Waals surface area contributed by atoms with Crippen LogP contribution in [-0.2, 0) is 4.79 Å². The van der Waals surface area contributed by atoms with E-state index in [1.807, 2.05) is 6.92 Å². The summed E-state index contributed by atoms with van der Waals surface area (Å²) in [5, 5.41) is 2.92. The van der Waals surface area contributed by atoms with E-state index in [4.69, 9.17) is 0 Å². The van der Waals surface area contributed by atoms with E-state index in [1.54, 1.807) is 0 Å². The van der Waals surface area contributed by atoms with Crippen molar-refractivity contribution in [2.75, 3.05) is 0 Å². The molecule has 0 radical (unpaired) electrons. The number of fused-ring (bicyclic) bond motifs is 1. The minimum Gasteiger partial charge on any atom is -0.352 e. The molecule has 2 nitrogen and oxygen atoms in total. The maximum absolute atomic E-state index is 11.3. The van der Waals surface area contributed by atoms with E-state index in [9.17, 15) is 4.79 Å². The Labute approximate surface area is 84.9 Å². The van der Waals surface area contributed by atoms with Gasteiger partial charge in [-0.3, -0.25) is 4.79 Å². The fourth-order valence-corrected chi connectivity index (χ4v) is 2.57. The summed E-state index contributed by atoms with van der Waals surface area (Å²) in [5.41, 5.74) is 0. The summed E-state index contributed by atoms with van der Waals surface area (Å²) in [6.07, 6.45) is 5.33. The second-order valence-corrected chi connectivity index (χ2v) is 5.10. The number of rotatable bonds is 2. The van der Waals surface area contributed by atoms with Gasteiger partial charge in [0.15, 0.2) is 0 Å². The molecule has 74 valence electrons. The molecule has 2 aliphatic carbocycles. The normalized spacial score (nSPS) is 39.1. The minimum atomic E-state index is -0.164. The molecule has 2 saturated carbocycles. The van der Waals surface area contributed by atoms with Gasteiger partial charge in [0.1, 0.15) is 0 Å². The molecule has 0 heterocycles. The standard InChI is InChI=1S/C10H17NOS/c1-6(13)10(12)11-9-7-4-2-3-5-8(7)9/h6-9,13H,2-5H2,1H3,(H,11,12). The average molecular weight is 199 g/mol. The lowest BCUT2D eigenvalue weighted by Crippen LogP contribution is -2.33. The number of hydrogen-bond acceptors (Lipinski definition) is 2. The van der Waals surface area contributed by atoms with Gasteiger partial charge < -0.3 is 5.32 Å². The smallest absolute Gasteiger partial charge is 0.232 e. The molecule has 0 spiro atoms. The molecule has 3 unspecified atom stereocenters. The van der Waals surface area contributed by atoms with Crippen LogP contribution in [0.15, 0.2) is 0 Å². The average Bonchev–Trinajstić information content (AvgIpc) is 2.79. The van der Waals surface area contributed by atoms with Crippen LogP contribution in [-0.4, -0.2) is 17.2 Å². The Morgan fingerprint density at radius 2 is 1.92 bits per heavy atom.